The van der Waals surface area contributed by atoms with Gasteiger partial charge in [0.1, 0.15) is 21.2 Å². The highest BCUT2D eigenvalue weighted by molar-refractivity contribution is 8.00. The standard InChI is InChI=1S/C22H25N3O3S3/c1-4-28-22(27)18-14-8-6-5-7-9-15(14)31-21(18)25-16(26)10-29-19-17-12(2)13(3)30-20(17)24-11-23-19/h11H,4-10H2,1-3H3,(H,25,26). The minimum Gasteiger partial charge on any atom is -0.462 e. The lowest BCUT2D eigenvalue weighted by Gasteiger charge is -2.08. The van der Waals surface area contributed by atoms with Crippen LogP contribution in [0.15, 0.2) is 11.4 Å². The van der Waals surface area contributed by atoms with Crippen molar-refractivity contribution in [2.24, 2.45) is 0 Å². The number of nitrogens with zero attached hydrogens (tertiary/aromatic N) is 2. The van der Waals surface area contributed by atoms with Gasteiger partial charge in [-0.3, -0.25) is 4.79 Å². The first-order valence-corrected chi connectivity index (χ1v) is 13.1. The van der Waals surface area contributed by atoms with Crippen LogP contribution in [0.25, 0.3) is 10.2 Å². The van der Waals surface area contributed by atoms with E-state index in [9.17, 15) is 9.59 Å². The lowest BCUT2D eigenvalue weighted by molar-refractivity contribution is -0.113. The number of thiophene rings is 2. The van der Waals surface area contributed by atoms with Crippen molar-refractivity contribution in [3.05, 3.63) is 32.8 Å². The molecule has 0 spiro atoms. The maximum absolute atomic E-state index is 12.8. The third kappa shape index (κ3) is 4.63. The van der Waals surface area contributed by atoms with Gasteiger partial charge in [-0.05, 0) is 57.6 Å². The van der Waals surface area contributed by atoms with Gasteiger partial charge in [-0.25, -0.2) is 14.8 Å². The molecule has 0 unspecified atom stereocenters. The Balaban J connectivity index is 1.53. The van der Waals surface area contributed by atoms with E-state index >= 15 is 0 Å². The monoisotopic (exact) mass is 475 g/mol. The Hall–Kier alpha value is -1.97. The number of ether oxygens (including phenoxy) is 1. The van der Waals surface area contributed by atoms with Crippen LogP contribution in [0.5, 0.6) is 0 Å². The fourth-order valence-corrected chi connectivity index (χ4v) is 7.02. The van der Waals surface area contributed by atoms with Gasteiger partial charge in [0, 0.05) is 15.1 Å². The van der Waals surface area contributed by atoms with Crippen LogP contribution in [-0.2, 0) is 22.4 Å². The van der Waals surface area contributed by atoms with E-state index in [-0.39, 0.29) is 17.6 Å². The summed E-state index contributed by atoms with van der Waals surface area (Å²) in [5, 5.41) is 5.44. The van der Waals surface area contributed by atoms with Crippen molar-refractivity contribution in [2.75, 3.05) is 17.7 Å². The highest BCUT2D eigenvalue weighted by Crippen LogP contribution is 2.38. The van der Waals surface area contributed by atoms with E-state index in [1.165, 1.54) is 32.9 Å². The average molecular weight is 476 g/mol. The van der Waals surface area contributed by atoms with Gasteiger partial charge in [0.15, 0.2) is 0 Å². The Morgan fingerprint density at radius 3 is 2.77 bits per heavy atom. The number of carbonyl (C=O) groups is 2. The number of hydrogen-bond acceptors (Lipinski definition) is 8. The SMILES string of the molecule is CCOC(=O)c1c(NC(=O)CSc2ncnc3sc(C)c(C)c23)sc2c1CCCCC2. The summed E-state index contributed by atoms with van der Waals surface area (Å²) < 4.78 is 5.30. The minimum atomic E-state index is -0.341. The number of amides is 1. The van der Waals surface area contributed by atoms with Crippen LogP contribution in [0.1, 0.15) is 57.4 Å². The Morgan fingerprint density at radius 1 is 1.16 bits per heavy atom. The number of esters is 1. The quantitative estimate of drug-likeness (QED) is 0.218. The molecule has 1 amide bonds. The number of aromatic nitrogens is 2. The second-order valence-corrected chi connectivity index (χ2v) is 10.7. The Bertz CT molecular complexity index is 1140. The molecular weight excluding hydrogens is 450 g/mol. The molecule has 0 fully saturated rings. The molecule has 0 atom stereocenters. The van der Waals surface area contributed by atoms with Crippen molar-refractivity contribution >= 4 is 61.5 Å². The third-order valence-electron chi connectivity index (χ3n) is 5.42. The molecule has 0 saturated heterocycles. The predicted octanol–water partition coefficient (Wildman–Crippen LogP) is 5.55. The number of rotatable bonds is 6. The molecule has 0 aliphatic heterocycles. The summed E-state index contributed by atoms with van der Waals surface area (Å²) in [6.07, 6.45) is 6.70. The highest BCUT2D eigenvalue weighted by atomic mass is 32.2. The minimum absolute atomic E-state index is 0.150. The average Bonchev–Trinajstić information content (AvgIpc) is 3.12. The summed E-state index contributed by atoms with van der Waals surface area (Å²) >= 11 is 4.56. The normalized spacial score (nSPS) is 13.6. The largest absolute Gasteiger partial charge is 0.462 e. The van der Waals surface area contributed by atoms with Crippen molar-refractivity contribution in [3.63, 3.8) is 0 Å². The smallest absolute Gasteiger partial charge is 0.341 e. The van der Waals surface area contributed by atoms with Crippen molar-refractivity contribution in [1.29, 1.82) is 0 Å². The molecule has 0 radical (unpaired) electrons. The molecule has 1 aliphatic carbocycles. The first kappa shape index (κ1) is 22.2. The van der Waals surface area contributed by atoms with Crippen molar-refractivity contribution in [2.45, 2.75) is 57.9 Å². The molecule has 1 N–H and O–H groups in total. The molecule has 6 nitrogen and oxygen atoms in total. The molecule has 31 heavy (non-hydrogen) atoms. The summed E-state index contributed by atoms with van der Waals surface area (Å²) in [4.78, 5) is 37.6. The molecular formula is C22H25N3O3S3. The number of thioether (sulfide) groups is 1. The second-order valence-electron chi connectivity index (χ2n) is 7.47. The molecule has 3 aromatic rings. The number of hydrogen-bond donors (Lipinski definition) is 1. The van der Waals surface area contributed by atoms with Crippen molar-refractivity contribution in [1.82, 2.24) is 9.97 Å². The highest BCUT2D eigenvalue weighted by Gasteiger charge is 2.26. The van der Waals surface area contributed by atoms with Crippen molar-refractivity contribution in [3.8, 4) is 0 Å². The lowest BCUT2D eigenvalue weighted by Crippen LogP contribution is -2.17. The molecule has 3 aromatic heterocycles. The summed E-state index contributed by atoms with van der Waals surface area (Å²) in [5.74, 6) is -0.277. The summed E-state index contributed by atoms with van der Waals surface area (Å²) in [6, 6.07) is 0. The van der Waals surface area contributed by atoms with E-state index in [2.05, 4.69) is 29.1 Å². The number of carbonyl (C=O) groups excluding carboxylic acids is 2. The lowest BCUT2D eigenvalue weighted by atomic mass is 10.1. The second kappa shape index (κ2) is 9.67. The van der Waals surface area contributed by atoms with Crippen LogP contribution < -0.4 is 5.32 Å². The maximum atomic E-state index is 12.8. The Kier molecular flexibility index (Phi) is 6.93. The van der Waals surface area contributed by atoms with Crippen LogP contribution in [0, 0.1) is 13.8 Å². The number of fused-ring (bicyclic) bond motifs is 2. The fourth-order valence-electron chi connectivity index (χ4n) is 3.81. The van der Waals surface area contributed by atoms with Gasteiger partial charge in [-0.1, -0.05) is 18.2 Å². The fraction of sp³-hybridized carbons (Fsp3) is 0.455. The molecule has 9 heteroatoms. The zero-order valence-electron chi connectivity index (χ0n) is 17.9. The van der Waals surface area contributed by atoms with Crippen LogP contribution in [0.3, 0.4) is 0 Å². The Morgan fingerprint density at radius 2 is 1.97 bits per heavy atom. The van der Waals surface area contributed by atoms with Gasteiger partial charge in [0.05, 0.1) is 17.9 Å². The predicted molar refractivity (Wildman–Crippen MR) is 128 cm³/mol. The summed E-state index contributed by atoms with van der Waals surface area (Å²) in [6.45, 7) is 6.25. The van der Waals surface area contributed by atoms with E-state index in [4.69, 9.17) is 4.74 Å². The number of aryl methyl sites for hydroxylation is 3. The van der Waals surface area contributed by atoms with E-state index in [1.54, 1.807) is 24.6 Å². The van der Waals surface area contributed by atoms with Crippen LogP contribution in [0.4, 0.5) is 5.00 Å². The number of anilines is 1. The summed E-state index contributed by atoms with van der Waals surface area (Å²) in [7, 11) is 0. The van der Waals surface area contributed by atoms with E-state index in [1.807, 2.05) is 0 Å². The van der Waals surface area contributed by atoms with E-state index < -0.39 is 0 Å². The molecule has 3 heterocycles. The molecule has 0 aromatic carbocycles. The van der Waals surface area contributed by atoms with Gasteiger partial charge in [0.2, 0.25) is 5.91 Å². The Labute approximate surface area is 193 Å². The first-order chi connectivity index (χ1) is 15.0. The van der Waals surface area contributed by atoms with Crippen LogP contribution in [0.2, 0.25) is 0 Å². The molecule has 0 bridgehead atoms. The van der Waals surface area contributed by atoms with Gasteiger partial charge in [0.25, 0.3) is 0 Å². The number of nitrogens with one attached hydrogen (secondary N) is 1. The maximum Gasteiger partial charge on any atom is 0.341 e. The van der Waals surface area contributed by atoms with Crippen LogP contribution in [-0.4, -0.2) is 34.2 Å². The van der Waals surface area contributed by atoms with Crippen LogP contribution >= 0.6 is 34.4 Å². The molecule has 0 saturated carbocycles. The summed E-state index contributed by atoms with van der Waals surface area (Å²) in [5.41, 5.74) is 2.77. The molecule has 1 aliphatic rings. The van der Waals surface area contributed by atoms with E-state index in [0.717, 1.165) is 58.5 Å². The van der Waals surface area contributed by atoms with Gasteiger partial charge < -0.3 is 10.1 Å². The van der Waals surface area contributed by atoms with E-state index in [0.29, 0.717) is 17.2 Å². The van der Waals surface area contributed by atoms with Gasteiger partial charge >= 0.3 is 5.97 Å². The zero-order chi connectivity index (χ0) is 22.0. The van der Waals surface area contributed by atoms with Gasteiger partial charge in [-0.2, -0.15) is 0 Å². The first-order valence-electron chi connectivity index (χ1n) is 10.4. The third-order valence-corrected chi connectivity index (χ3v) is 8.74. The topological polar surface area (TPSA) is 81.2 Å². The molecule has 164 valence electrons. The zero-order valence-corrected chi connectivity index (χ0v) is 20.3. The van der Waals surface area contributed by atoms with Crippen molar-refractivity contribution < 1.29 is 14.3 Å². The molecule has 4 rings (SSSR count). The van der Waals surface area contributed by atoms with Gasteiger partial charge in [-0.15, -0.1) is 22.7 Å².